The second-order valence-corrected chi connectivity index (χ2v) is 9.07. The molecule has 3 heterocycles. The van der Waals surface area contributed by atoms with Crippen LogP contribution < -0.4 is 4.90 Å². The zero-order valence-corrected chi connectivity index (χ0v) is 18.2. The van der Waals surface area contributed by atoms with Gasteiger partial charge in [-0.1, -0.05) is 20.8 Å². The van der Waals surface area contributed by atoms with E-state index in [0.29, 0.717) is 17.9 Å². The Hall–Kier alpha value is -3.80. The van der Waals surface area contributed by atoms with E-state index in [4.69, 9.17) is 0 Å². The number of aromatic nitrogens is 3. The number of halogens is 1. The molecular formula is C23H23FN6O2. The number of nitriles is 1. The number of fused-ring (bicyclic) bond motifs is 1. The van der Waals surface area contributed by atoms with Crippen molar-refractivity contribution in [3.8, 4) is 6.07 Å². The topological polar surface area (TPSA) is 95.1 Å². The molecule has 1 saturated heterocycles. The van der Waals surface area contributed by atoms with Crippen molar-refractivity contribution in [2.24, 2.45) is 5.41 Å². The highest BCUT2D eigenvalue weighted by Gasteiger charge is 2.32. The molecule has 1 aromatic carbocycles. The Bertz CT molecular complexity index is 1220. The Morgan fingerprint density at radius 2 is 1.78 bits per heavy atom. The molecule has 32 heavy (non-hydrogen) atoms. The first-order chi connectivity index (χ1) is 15.1. The van der Waals surface area contributed by atoms with E-state index in [1.165, 1.54) is 17.0 Å². The van der Waals surface area contributed by atoms with Crippen LogP contribution >= 0.6 is 0 Å². The summed E-state index contributed by atoms with van der Waals surface area (Å²) < 4.78 is 15.2. The molecule has 3 aromatic rings. The molecule has 1 aliphatic heterocycles. The minimum Gasteiger partial charge on any atom is -0.353 e. The lowest BCUT2D eigenvalue weighted by Crippen LogP contribution is -2.53. The summed E-state index contributed by atoms with van der Waals surface area (Å²) in [5.74, 6) is -0.972. The van der Waals surface area contributed by atoms with Crippen molar-refractivity contribution in [3.05, 3.63) is 53.9 Å². The van der Waals surface area contributed by atoms with Crippen LogP contribution in [0.2, 0.25) is 0 Å². The van der Waals surface area contributed by atoms with E-state index in [0.717, 1.165) is 11.1 Å². The maximum Gasteiger partial charge on any atom is 0.249 e. The number of benzene rings is 1. The fourth-order valence-electron chi connectivity index (χ4n) is 3.79. The average Bonchev–Trinajstić information content (AvgIpc) is 3.06. The molecule has 2 aromatic heterocycles. The van der Waals surface area contributed by atoms with Gasteiger partial charge < -0.3 is 9.47 Å². The van der Waals surface area contributed by atoms with Crippen LogP contribution in [-0.4, -0.2) is 44.3 Å². The molecule has 0 spiro atoms. The first-order valence-electron chi connectivity index (χ1n) is 10.2. The molecule has 1 aliphatic rings. The Labute approximate surface area is 184 Å². The van der Waals surface area contributed by atoms with Gasteiger partial charge in [0.2, 0.25) is 17.6 Å². The Kier molecular flexibility index (Phi) is 5.38. The molecule has 0 unspecified atom stereocenters. The molecule has 0 radical (unpaired) electrons. The molecule has 0 aliphatic carbocycles. The van der Waals surface area contributed by atoms with Gasteiger partial charge >= 0.3 is 0 Å². The van der Waals surface area contributed by atoms with Gasteiger partial charge in [-0.2, -0.15) is 5.26 Å². The summed E-state index contributed by atoms with van der Waals surface area (Å²) in [6.45, 7) is 6.96. The van der Waals surface area contributed by atoms with Crippen LogP contribution in [0.25, 0.3) is 11.0 Å². The highest BCUT2D eigenvalue weighted by atomic mass is 19.1. The number of piperazine rings is 1. The first-order valence-corrected chi connectivity index (χ1v) is 10.2. The molecular weight excluding hydrogens is 411 g/mol. The van der Waals surface area contributed by atoms with Crippen LogP contribution in [0, 0.1) is 22.6 Å². The zero-order chi connectivity index (χ0) is 23.0. The number of nitrogens with zero attached hydrogens (tertiary/aromatic N) is 6. The average molecular weight is 434 g/mol. The van der Waals surface area contributed by atoms with Crippen molar-refractivity contribution in [2.45, 2.75) is 33.9 Å². The fourth-order valence-corrected chi connectivity index (χ4v) is 3.79. The number of carbonyl (C=O) groups excluding carboxylic acids is 2. The van der Waals surface area contributed by atoms with Crippen molar-refractivity contribution < 1.29 is 14.0 Å². The van der Waals surface area contributed by atoms with Gasteiger partial charge in [-0.25, -0.2) is 14.4 Å². The van der Waals surface area contributed by atoms with Gasteiger partial charge in [0.05, 0.1) is 19.6 Å². The first kappa shape index (κ1) is 21.4. The summed E-state index contributed by atoms with van der Waals surface area (Å²) >= 11 is 0. The van der Waals surface area contributed by atoms with Crippen LogP contribution in [0.4, 0.5) is 10.1 Å². The van der Waals surface area contributed by atoms with Crippen LogP contribution in [0.3, 0.4) is 0 Å². The van der Waals surface area contributed by atoms with Crippen LogP contribution in [0.1, 0.15) is 32.3 Å². The number of hydrogen-bond donors (Lipinski definition) is 0. The van der Waals surface area contributed by atoms with Gasteiger partial charge in [0.25, 0.3) is 0 Å². The predicted molar refractivity (Wildman–Crippen MR) is 116 cm³/mol. The van der Waals surface area contributed by atoms with E-state index < -0.39 is 0 Å². The minimum absolute atomic E-state index is 0.0231. The lowest BCUT2D eigenvalue weighted by molar-refractivity contribution is -0.146. The van der Waals surface area contributed by atoms with E-state index in [-0.39, 0.29) is 48.5 Å². The van der Waals surface area contributed by atoms with Crippen LogP contribution in [0.5, 0.6) is 0 Å². The quantitative estimate of drug-likeness (QED) is 0.586. The molecule has 1 fully saturated rings. The molecule has 0 bridgehead atoms. The Morgan fingerprint density at radius 1 is 1.12 bits per heavy atom. The van der Waals surface area contributed by atoms with E-state index >= 15 is 0 Å². The van der Waals surface area contributed by atoms with Gasteiger partial charge in [0, 0.05) is 29.5 Å². The van der Waals surface area contributed by atoms with E-state index in [1.807, 2.05) is 16.7 Å². The highest BCUT2D eigenvalue weighted by molar-refractivity contribution is 6.02. The van der Waals surface area contributed by atoms with Crippen molar-refractivity contribution in [2.75, 3.05) is 18.0 Å². The number of carbonyl (C=O) groups is 2. The minimum atomic E-state index is -0.376. The second-order valence-electron chi connectivity index (χ2n) is 9.07. The molecule has 0 atom stereocenters. The van der Waals surface area contributed by atoms with E-state index in [2.05, 4.69) is 30.7 Å². The molecule has 8 nitrogen and oxygen atoms in total. The lowest BCUT2D eigenvalue weighted by Gasteiger charge is -2.34. The number of imide groups is 1. The monoisotopic (exact) mass is 434 g/mol. The van der Waals surface area contributed by atoms with Gasteiger partial charge in [0.15, 0.2) is 0 Å². The zero-order valence-electron chi connectivity index (χ0n) is 18.2. The summed E-state index contributed by atoms with van der Waals surface area (Å²) in [7, 11) is 0. The largest absolute Gasteiger partial charge is 0.353 e. The van der Waals surface area contributed by atoms with Gasteiger partial charge in [-0.15, -0.1) is 0 Å². The summed E-state index contributed by atoms with van der Waals surface area (Å²) in [5.41, 5.74) is 1.87. The van der Waals surface area contributed by atoms with Gasteiger partial charge in [-0.05, 0) is 35.7 Å². The van der Waals surface area contributed by atoms with Gasteiger partial charge in [-0.3, -0.25) is 14.5 Å². The third-order valence-corrected chi connectivity index (χ3v) is 5.22. The normalized spacial score (nSPS) is 14.8. The highest BCUT2D eigenvalue weighted by Crippen LogP contribution is 2.26. The van der Waals surface area contributed by atoms with Crippen LogP contribution in [-0.2, 0) is 22.7 Å². The number of hydrogen-bond acceptors (Lipinski definition) is 6. The lowest BCUT2D eigenvalue weighted by atomic mass is 9.97. The van der Waals surface area contributed by atoms with Crippen molar-refractivity contribution in [3.63, 3.8) is 0 Å². The Morgan fingerprint density at radius 3 is 2.38 bits per heavy atom. The summed E-state index contributed by atoms with van der Waals surface area (Å²) in [6.07, 6.45) is 1.58. The van der Waals surface area contributed by atoms with E-state index in [9.17, 15) is 19.2 Å². The maximum atomic E-state index is 13.2. The summed E-state index contributed by atoms with van der Waals surface area (Å²) in [4.78, 5) is 37.0. The summed E-state index contributed by atoms with van der Waals surface area (Å²) in [6, 6.07) is 9.53. The third kappa shape index (κ3) is 4.30. The standard InChI is InChI=1S/C23H23FN6O2/c1-23(2,3)14-30-18(8-15-10-26-19(9-25)27-22(15)30)11-29-20(31)12-28(13-21(29)32)17-6-4-16(24)5-7-17/h4-8,10H,11-14H2,1-3H3. The van der Waals surface area contributed by atoms with Crippen molar-refractivity contribution in [1.82, 2.24) is 19.4 Å². The molecule has 0 N–H and O–H groups in total. The molecule has 4 rings (SSSR count). The Balaban J connectivity index is 1.63. The summed E-state index contributed by atoms with van der Waals surface area (Å²) in [5, 5.41) is 9.93. The number of anilines is 1. The third-order valence-electron chi connectivity index (χ3n) is 5.22. The number of amides is 2. The van der Waals surface area contributed by atoms with Gasteiger partial charge in [0.1, 0.15) is 17.5 Å². The van der Waals surface area contributed by atoms with Crippen molar-refractivity contribution >= 4 is 28.5 Å². The molecule has 164 valence electrons. The second kappa shape index (κ2) is 8.04. The fraction of sp³-hybridized carbons (Fsp3) is 0.348. The smallest absolute Gasteiger partial charge is 0.249 e. The molecule has 9 heteroatoms. The predicted octanol–water partition coefficient (Wildman–Crippen LogP) is 2.86. The van der Waals surface area contributed by atoms with Crippen molar-refractivity contribution in [1.29, 1.82) is 5.26 Å². The van der Waals surface area contributed by atoms with E-state index in [1.54, 1.807) is 23.2 Å². The SMILES string of the molecule is CC(C)(C)Cn1c(CN2C(=O)CN(c3ccc(F)cc3)CC2=O)cc2cnc(C#N)nc21. The van der Waals surface area contributed by atoms with Crippen LogP contribution in [0.15, 0.2) is 36.5 Å². The molecule has 0 saturated carbocycles. The maximum absolute atomic E-state index is 13.2. The number of rotatable bonds is 4. The molecule has 2 amide bonds.